The molecule has 1 spiro atoms. The molecule has 5 aliphatic rings. The van der Waals surface area contributed by atoms with Crippen LogP contribution in [0.15, 0.2) is 11.6 Å². The van der Waals surface area contributed by atoms with Gasteiger partial charge in [0.05, 0.1) is 24.7 Å². The largest absolute Gasteiger partial charge is 0.459 e. The van der Waals surface area contributed by atoms with Gasteiger partial charge in [-0.15, -0.1) is 0 Å². The molecule has 4 fully saturated rings. The molecule has 0 amide bonds. The Bertz CT molecular complexity index is 927. The van der Waals surface area contributed by atoms with Gasteiger partial charge >= 0.3 is 11.9 Å². The first-order chi connectivity index (χ1) is 15.5. The number of esters is 2. The smallest absolute Gasteiger partial charge is 0.348 e. The lowest BCUT2D eigenvalue weighted by molar-refractivity contribution is -0.272. The molecule has 0 aromatic heterocycles. The lowest BCUT2D eigenvalue weighted by Crippen LogP contribution is -2.75. The number of carbonyl (C=O) groups excluding carboxylic acids is 3. The molecule has 2 N–H and O–H groups in total. The third kappa shape index (κ3) is 2.71. The van der Waals surface area contributed by atoms with Crippen LogP contribution in [0.4, 0.5) is 0 Å². The highest BCUT2D eigenvalue weighted by molar-refractivity contribution is 5.96. The van der Waals surface area contributed by atoms with Crippen molar-refractivity contribution in [3.8, 4) is 0 Å². The van der Waals surface area contributed by atoms with Gasteiger partial charge in [0, 0.05) is 22.7 Å². The second-order valence-corrected chi connectivity index (χ2v) is 11.2. The molecule has 0 aromatic rings. The summed E-state index contributed by atoms with van der Waals surface area (Å²) in [6.45, 7) is 9.47. The number of ketones is 1. The van der Waals surface area contributed by atoms with Crippen molar-refractivity contribution in [2.45, 2.75) is 78.0 Å². The lowest BCUT2D eigenvalue weighted by atomic mass is 9.38. The predicted molar refractivity (Wildman–Crippen MR) is 115 cm³/mol. The highest BCUT2D eigenvalue weighted by Crippen LogP contribution is 2.71. The van der Waals surface area contributed by atoms with Crippen molar-refractivity contribution in [3.05, 3.63) is 11.6 Å². The van der Waals surface area contributed by atoms with E-state index in [-0.39, 0.29) is 24.2 Å². The number of rotatable bonds is 3. The van der Waals surface area contributed by atoms with Crippen molar-refractivity contribution in [2.24, 2.45) is 40.4 Å². The van der Waals surface area contributed by atoms with E-state index in [9.17, 15) is 24.6 Å². The van der Waals surface area contributed by atoms with Gasteiger partial charge in [0.25, 0.3) is 0 Å². The number of aliphatic hydroxyl groups excluding tert-OH is 2. The van der Waals surface area contributed by atoms with E-state index in [4.69, 9.17) is 14.2 Å². The first-order valence-electron chi connectivity index (χ1n) is 12.1. The van der Waals surface area contributed by atoms with Crippen LogP contribution in [0.3, 0.4) is 0 Å². The van der Waals surface area contributed by atoms with E-state index in [1.165, 1.54) is 6.08 Å². The number of aliphatic hydroxyl groups is 2. The Morgan fingerprint density at radius 3 is 2.70 bits per heavy atom. The molecule has 33 heavy (non-hydrogen) atoms. The monoisotopic (exact) mass is 462 g/mol. The van der Waals surface area contributed by atoms with Gasteiger partial charge in [0.15, 0.2) is 5.78 Å². The maximum atomic E-state index is 13.2. The summed E-state index contributed by atoms with van der Waals surface area (Å²) in [5.74, 6) is -3.37. The van der Waals surface area contributed by atoms with Gasteiger partial charge in [-0.1, -0.05) is 33.3 Å². The van der Waals surface area contributed by atoms with Gasteiger partial charge in [-0.25, -0.2) is 4.79 Å². The van der Waals surface area contributed by atoms with E-state index in [1.54, 1.807) is 6.92 Å². The quantitative estimate of drug-likeness (QED) is 0.605. The molecule has 3 aliphatic carbocycles. The minimum atomic E-state index is -1.25. The first-order valence-corrected chi connectivity index (χ1v) is 12.1. The summed E-state index contributed by atoms with van der Waals surface area (Å²) >= 11 is 0. The molecule has 8 heteroatoms. The predicted octanol–water partition coefficient (Wildman–Crippen LogP) is 1.41. The summed E-state index contributed by atoms with van der Waals surface area (Å²) in [6.07, 6.45) is -1.96. The fourth-order valence-electron chi connectivity index (χ4n) is 8.02. The fraction of sp³-hybridized carbons (Fsp3) is 0.800. The van der Waals surface area contributed by atoms with Crippen molar-refractivity contribution < 1.29 is 38.8 Å². The van der Waals surface area contributed by atoms with Gasteiger partial charge < -0.3 is 24.4 Å². The molecule has 182 valence electrons. The van der Waals surface area contributed by atoms with Crippen molar-refractivity contribution >= 4 is 17.7 Å². The van der Waals surface area contributed by atoms with Crippen LogP contribution in [0.25, 0.3) is 0 Å². The summed E-state index contributed by atoms with van der Waals surface area (Å²) in [6, 6.07) is 0. The minimum absolute atomic E-state index is 0.203. The van der Waals surface area contributed by atoms with Crippen molar-refractivity contribution in [1.29, 1.82) is 0 Å². The second kappa shape index (κ2) is 7.36. The van der Waals surface area contributed by atoms with Crippen molar-refractivity contribution in [3.63, 3.8) is 0 Å². The molecule has 2 aliphatic heterocycles. The number of fused-ring (bicyclic) bond motifs is 1. The Kier molecular flexibility index (Phi) is 5.13. The Hall–Kier alpha value is -1.77. The Labute approximate surface area is 193 Å². The third-order valence-electron chi connectivity index (χ3n) is 9.82. The highest BCUT2D eigenvalue weighted by atomic mass is 16.6. The Morgan fingerprint density at radius 2 is 2.03 bits per heavy atom. The molecule has 0 unspecified atom stereocenters. The van der Waals surface area contributed by atoms with Gasteiger partial charge in [0.1, 0.15) is 12.2 Å². The van der Waals surface area contributed by atoms with E-state index in [0.29, 0.717) is 12.8 Å². The molecule has 0 aromatic carbocycles. The normalized spacial score (nSPS) is 51.1. The van der Waals surface area contributed by atoms with Crippen LogP contribution in [0.5, 0.6) is 0 Å². The van der Waals surface area contributed by atoms with E-state index >= 15 is 0 Å². The van der Waals surface area contributed by atoms with Crippen LogP contribution >= 0.6 is 0 Å². The maximum absolute atomic E-state index is 13.2. The zero-order valence-corrected chi connectivity index (χ0v) is 19.8. The maximum Gasteiger partial charge on any atom is 0.348 e. The molecule has 2 saturated carbocycles. The van der Waals surface area contributed by atoms with Gasteiger partial charge in [-0.05, 0) is 37.7 Å². The highest BCUT2D eigenvalue weighted by Gasteiger charge is 2.79. The van der Waals surface area contributed by atoms with Gasteiger partial charge in [-0.3, -0.25) is 9.59 Å². The molecular formula is C25H34O8. The molecule has 2 saturated heterocycles. The van der Waals surface area contributed by atoms with Gasteiger partial charge in [-0.2, -0.15) is 0 Å². The van der Waals surface area contributed by atoms with Crippen LogP contribution in [0.1, 0.15) is 47.5 Å². The summed E-state index contributed by atoms with van der Waals surface area (Å²) < 4.78 is 18.0. The molecule has 8 nitrogen and oxygen atoms in total. The van der Waals surface area contributed by atoms with Crippen molar-refractivity contribution in [1.82, 2.24) is 0 Å². The van der Waals surface area contributed by atoms with E-state index < -0.39 is 71.0 Å². The van der Waals surface area contributed by atoms with Gasteiger partial charge in [0.2, 0.25) is 6.10 Å². The van der Waals surface area contributed by atoms with Crippen LogP contribution in [0, 0.1) is 40.4 Å². The summed E-state index contributed by atoms with van der Waals surface area (Å²) in [5.41, 5.74) is -0.822. The Morgan fingerprint density at radius 1 is 1.33 bits per heavy atom. The summed E-state index contributed by atoms with van der Waals surface area (Å²) in [5, 5.41) is 22.5. The molecule has 12 atom stereocenters. The zero-order valence-electron chi connectivity index (χ0n) is 19.8. The number of ether oxygens (including phenoxy) is 3. The SMILES string of the molecule is CC[C@@H](C)C(=O)O[C@H]1C(=O)O[C@@H]2C[C@H]3C(C)=CC(=O)[C@@H](O)[C@]3(C)[C@H]3[C@H]4OC[C@]32[C@@H]1[C@@H](C)[C@H]4O. The number of hydrogen-bond acceptors (Lipinski definition) is 8. The molecule has 5 rings (SSSR count). The van der Waals surface area contributed by atoms with E-state index in [0.717, 1.165) is 5.57 Å². The number of allylic oxidation sites excluding steroid dienone is 1. The van der Waals surface area contributed by atoms with E-state index in [1.807, 2.05) is 27.7 Å². The summed E-state index contributed by atoms with van der Waals surface area (Å²) in [7, 11) is 0. The average Bonchev–Trinajstić information content (AvgIpc) is 3.13. The molecule has 0 radical (unpaired) electrons. The van der Waals surface area contributed by atoms with Crippen LogP contribution in [0.2, 0.25) is 0 Å². The Balaban J connectivity index is 1.65. The van der Waals surface area contributed by atoms with Crippen molar-refractivity contribution in [2.75, 3.05) is 6.61 Å². The van der Waals surface area contributed by atoms with E-state index in [2.05, 4.69) is 0 Å². The standard InChI is InChI=1S/C25H34O8/c1-6-10(2)22(29)33-18-16-12(4)17(27)19-20-24(5)13(11(3)7-14(26)21(24)28)8-15(32-23(18)30)25(16,20)9-31-19/h7,10,12-13,15-21,27-28H,6,8-9H2,1-5H3/t10-,12-,13+,15-,16-,17-,18-,19+,20-,21-,24+,25+/m1/s1. The topological polar surface area (TPSA) is 119 Å². The third-order valence-corrected chi connectivity index (χ3v) is 9.82. The summed E-state index contributed by atoms with van der Waals surface area (Å²) in [4.78, 5) is 38.7. The van der Waals surface area contributed by atoms with Crippen LogP contribution in [-0.4, -0.2) is 65.1 Å². The lowest BCUT2D eigenvalue weighted by Gasteiger charge is -2.66. The number of carbonyl (C=O) groups is 3. The second-order valence-electron chi connectivity index (χ2n) is 11.2. The average molecular weight is 463 g/mol. The zero-order chi connectivity index (χ0) is 24.0. The van der Waals surface area contributed by atoms with Crippen LogP contribution in [-0.2, 0) is 28.6 Å². The molecular weight excluding hydrogens is 428 g/mol. The molecule has 2 bridgehead atoms. The first kappa shape index (κ1) is 23.0. The minimum Gasteiger partial charge on any atom is -0.459 e. The van der Waals surface area contributed by atoms with Crippen LogP contribution < -0.4 is 0 Å². The number of hydrogen-bond donors (Lipinski definition) is 2. The fourth-order valence-corrected chi connectivity index (χ4v) is 8.02. The molecule has 2 heterocycles.